The number of carboxylic acids is 1. The van der Waals surface area contributed by atoms with Crippen molar-refractivity contribution in [1.29, 1.82) is 0 Å². The van der Waals surface area contributed by atoms with Crippen LogP contribution in [-0.2, 0) is 16.0 Å². The molecule has 0 aromatic heterocycles. The van der Waals surface area contributed by atoms with Crippen LogP contribution in [0.1, 0.15) is 24.0 Å². The molecule has 0 bridgehead atoms. The summed E-state index contributed by atoms with van der Waals surface area (Å²) in [6, 6.07) is 16.2. The van der Waals surface area contributed by atoms with E-state index in [-0.39, 0.29) is 18.9 Å². The summed E-state index contributed by atoms with van der Waals surface area (Å²) in [5.74, 6) is -1.16. The van der Waals surface area contributed by atoms with Gasteiger partial charge in [0.2, 0.25) is 5.91 Å². The van der Waals surface area contributed by atoms with Crippen LogP contribution < -0.4 is 10.1 Å². The molecule has 2 aromatic rings. The zero-order chi connectivity index (χ0) is 17.4. The summed E-state index contributed by atoms with van der Waals surface area (Å²) in [4.78, 5) is 23.5. The minimum Gasteiger partial charge on any atom is -0.494 e. The van der Waals surface area contributed by atoms with Crippen molar-refractivity contribution in [3.8, 4) is 5.75 Å². The molecule has 2 N–H and O–H groups in total. The lowest BCUT2D eigenvalue weighted by molar-refractivity contribution is -0.138. The maximum absolute atomic E-state index is 12.0. The van der Waals surface area contributed by atoms with E-state index in [0.717, 1.165) is 11.3 Å². The molecule has 126 valence electrons. The third-order valence-corrected chi connectivity index (χ3v) is 3.60. The summed E-state index contributed by atoms with van der Waals surface area (Å²) in [7, 11) is 0. The van der Waals surface area contributed by atoms with E-state index in [4.69, 9.17) is 4.74 Å². The van der Waals surface area contributed by atoms with Gasteiger partial charge in [0.05, 0.1) is 18.9 Å². The molecule has 0 saturated heterocycles. The molecule has 5 nitrogen and oxygen atoms in total. The van der Waals surface area contributed by atoms with Crippen LogP contribution in [-0.4, -0.2) is 30.1 Å². The number of benzene rings is 2. The summed E-state index contributed by atoms with van der Waals surface area (Å²) in [5.41, 5.74) is 1.52. The molecule has 0 fully saturated rings. The fourth-order valence-corrected chi connectivity index (χ4v) is 2.37. The molecule has 1 unspecified atom stereocenters. The number of nitrogens with one attached hydrogen (secondary N) is 1. The van der Waals surface area contributed by atoms with Crippen LogP contribution in [0.15, 0.2) is 54.6 Å². The topological polar surface area (TPSA) is 75.6 Å². The molecule has 2 aromatic carbocycles. The highest BCUT2D eigenvalue weighted by atomic mass is 16.5. The van der Waals surface area contributed by atoms with E-state index in [1.54, 1.807) is 24.3 Å². The van der Waals surface area contributed by atoms with Crippen molar-refractivity contribution >= 4 is 11.9 Å². The lowest BCUT2D eigenvalue weighted by Crippen LogP contribution is -2.32. The molecular weight excluding hydrogens is 306 g/mol. The first-order valence-electron chi connectivity index (χ1n) is 7.86. The van der Waals surface area contributed by atoms with E-state index in [1.807, 2.05) is 37.3 Å². The molecule has 0 saturated carbocycles. The highest BCUT2D eigenvalue weighted by Crippen LogP contribution is 2.15. The van der Waals surface area contributed by atoms with Crippen LogP contribution >= 0.6 is 0 Å². The first-order valence-corrected chi connectivity index (χ1v) is 7.86. The second-order valence-corrected chi connectivity index (χ2v) is 5.36. The third-order valence-electron chi connectivity index (χ3n) is 3.60. The second-order valence-electron chi connectivity index (χ2n) is 5.36. The summed E-state index contributed by atoms with van der Waals surface area (Å²) in [6.07, 6.45) is 0.202. The van der Waals surface area contributed by atoms with Gasteiger partial charge in [-0.2, -0.15) is 0 Å². The van der Waals surface area contributed by atoms with Crippen molar-refractivity contribution in [1.82, 2.24) is 5.32 Å². The molecule has 5 heteroatoms. The Hall–Kier alpha value is -2.82. The number of amides is 1. The van der Waals surface area contributed by atoms with Gasteiger partial charge in [0.15, 0.2) is 0 Å². The molecule has 24 heavy (non-hydrogen) atoms. The number of aliphatic carboxylic acids is 1. The normalized spacial score (nSPS) is 11.5. The molecule has 0 aliphatic rings. The van der Waals surface area contributed by atoms with Gasteiger partial charge in [0.1, 0.15) is 5.75 Å². The number of carbonyl (C=O) groups is 2. The van der Waals surface area contributed by atoms with Crippen LogP contribution in [0.5, 0.6) is 5.75 Å². The number of carboxylic acid groups (broad SMARTS) is 1. The van der Waals surface area contributed by atoms with Gasteiger partial charge in [-0.05, 0) is 30.2 Å². The maximum Gasteiger partial charge on any atom is 0.312 e. The van der Waals surface area contributed by atoms with E-state index in [2.05, 4.69) is 5.32 Å². The van der Waals surface area contributed by atoms with Crippen LogP contribution in [0.4, 0.5) is 0 Å². The smallest absolute Gasteiger partial charge is 0.312 e. The minimum absolute atomic E-state index is 0.0647. The van der Waals surface area contributed by atoms with Crippen LogP contribution in [0.2, 0.25) is 0 Å². The largest absolute Gasteiger partial charge is 0.494 e. The summed E-state index contributed by atoms with van der Waals surface area (Å²) in [5, 5.41) is 12.0. The van der Waals surface area contributed by atoms with E-state index >= 15 is 0 Å². The van der Waals surface area contributed by atoms with Gasteiger partial charge in [0.25, 0.3) is 0 Å². The lowest BCUT2D eigenvalue weighted by Gasteiger charge is -2.14. The van der Waals surface area contributed by atoms with Gasteiger partial charge in [-0.1, -0.05) is 42.5 Å². The number of carbonyl (C=O) groups excluding carboxylic acids is 1. The second kappa shape index (κ2) is 8.72. The van der Waals surface area contributed by atoms with Crippen LogP contribution in [0.3, 0.4) is 0 Å². The number of rotatable bonds is 8. The molecule has 1 atom stereocenters. The van der Waals surface area contributed by atoms with Crippen molar-refractivity contribution in [2.75, 3.05) is 13.2 Å². The monoisotopic (exact) mass is 327 g/mol. The molecule has 2 rings (SSSR count). The van der Waals surface area contributed by atoms with E-state index < -0.39 is 11.9 Å². The van der Waals surface area contributed by atoms with Gasteiger partial charge in [0, 0.05) is 6.54 Å². The average molecular weight is 327 g/mol. The molecule has 1 amide bonds. The standard InChI is InChI=1S/C19H21NO4/c1-2-24-16-10-8-14(9-11-16)12-18(21)20-13-17(19(22)23)15-6-4-3-5-7-15/h3-11,17H,2,12-13H2,1H3,(H,20,21)(H,22,23). The van der Waals surface area contributed by atoms with Gasteiger partial charge in [-0.25, -0.2) is 0 Å². The van der Waals surface area contributed by atoms with Crippen LogP contribution in [0, 0.1) is 0 Å². The Morgan fingerprint density at radius 1 is 1.08 bits per heavy atom. The number of hydrogen-bond donors (Lipinski definition) is 2. The van der Waals surface area contributed by atoms with E-state index in [9.17, 15) is 14.7 Å². The third kappa shape index (κ3) is 5.12. The fraction of sp³-hybridized carbons (Fsp3) is 0.263. The molecule has 0 spiro atoms. The number of hydrogen-bond acceptors (Lipinski definition) is 3. The zero-order valence-corrected chi connectivity index (χ0v) is 13.6. The predicted molar refractivity (Wildman–Crippen MR) is 91.1 cm³/mol. The summed E-state index contributed by atoms with van der Waals surface area (Å²) >= 11 is 0. The van der Waals surface area contributed by atoms with Gasteiger partial charge < -0.3 is 15.2 Å². The highest BCUT2D eigenvalue weighted by molar-refractivity contribution is 5.81. The van der Waals surface area contributed by atoms with Crippen LogP contribution in [0.25, 0.3) is 0 Å². The van der Waals surface area contributed by atoms with Gasteiger partial charge >= 0.3 is 5.97 Å². The summed E-state index contributed by atoms with van der Waals surface area (Å²) < 4.78 is 5.35. The van der Waals surface area contributed by atoms with Crippen molar-refractivity contribution in [2.24, 2.45) is 0 Å². The van der Waals surface area contributed by atoms with Crippen molar-refractivity contribution in [3.63, 3.8) is 0 Å². The van der Waals surface area contributed by atoms with Crippen molar-refractivity contribution in [2.45, 2.75) is 19.3 Å². The van der Waals surface area contributed by atoms with Crippen molar-refractivity contribution < 1.29 is 19.4 Å². The van der Waals surface area contributed by atoms with E-state index in [0.29, 0.717) is 12.2 Å². The summed E-state index contributed by atoms with van der Waals surface area (Å²) in [6.45, 7) is 2.57. The Balaban J connectivity index is 1.90. The Bertz CT molecular complexity index is 668. The Kier molecular flexibility index (Phi) is 6.37. The fourth-order valence-electron chi connectivity index (χ4n) is 2.37. The average Bonchev–Trinajstić information content (AvgIpc) is 2.58. The molecule has 0 radical (unpaired) electrons. The maximum atomic E-state index is 12.0. The minimum atomic E-state index is -0.956. The molecule has 0 aliphatic carbocycles. The van der Waals surface area contributed by atoms with E-state index in [1.165, 1.54) is 0 Å². The SMILES string of the molecule is CCOc1ccc(CC(=O)NCC(C(=O)O)c2ccccc2)cc1. The first-order chi connectivity index (χ1) is 11.6. The molecular formula is C19H21NO4. The van der Waals surface area contributed by atoms with Gasteiger partial charge in [-0.15, -0.1) is 0 Å². The quantitative estimate of drug-likeness (QED) is 0.781. The Labute approximate surface area is 141 Å². The zero-order valence-electron chi connectivity index (χ0n) is 13.6. The number of ether oxygens (including phenoxy) is 1. The predicted octanol–water partition coefficient (Wildman–Crippen LogP) is 2.61. The Morgan fingerprint density at radius 3 is 2.33 bits per heavy atom. The molecule has 0 aliphatic heterocycles. The van der Waals surface area contributed by atoms with Gasteiger partial charge in [-0.3, -0.25) is 9.59 Å². The highest BCUT2D eigenvalue weighted by Gasteiger charge is 2.20. The first kappa shape index (κ1) is 17.5. The Morgan fingerprint density at radius 2 is 1.75 bits per heavy atom. The van der Waals surface area contributed by atoms with Crippen molar-refractivity contribution in [3.05, 3.63) is 65.7 Å². The molecule has 0 heterocycles. The lowest BCUT2D eigenvalue weighted by atomic mass is 9.99.